The van der Waals surface area contributed by atoms with E-state index in [4.69, 9.17) is 46.4 Å². The first-order valence-electron chi connectivity index (χ1n) is 10.00. The summed E-state index contributed by atoms with van der Waals surface area (Å²) >= 11 is 24.8. The van der Waals surface area contributed by atoms with Crippen LogP contribution in [0.15, 0.2) is 54.6 Å². The van der Waals surface area contributed by atoms with Crippen molar-refractivity contribution in [1.29, 1.82) is 0 Å². The highest BCUT2D eigenvalue weighted by atomic mass is 35.5. The Balaban J connectivity index is 1.74. The van der Waals surface area contributed by atoms with Gasteiger partial charge in [0.1, 0.15) is 0 Å². The molecule has 0 spiro atoms. The molecule has 0 bridgehead atoms. The predicted molar refractivity (Wildman–Crippen MR) is 142 cm³/mol. The highest BCUT2D eigenvalue weighted by Crippen LogP contribution is 2.38. The molecule has 37 heavy (non-hydrogen) atoms. The lowest BCUT2D eigenvalue weighted by Crippen LogP contribution is -2.08. The number of nitrogens with one attached hydrogen (secondary N) is 3. The molecule has 1 aromatic heterocycles. The van der Waals surface area contributed by atoms with Gasteiger partial charge < -0.3 is 16.0 Å². The molecule has 0 saturated carbocycles. The number of rotatable bonds is 8. The molecule has 0 aliphatic heterocycles. The molecule has 0 radical (unpaired) electrons. The van der Waals surface area contributed by atoms with Gasteiger partial charge in [0.15, 0.2) is 0 Å². The first-order valence-corrected chi connectivity index (χ1v) is 11.5. The van der Waals surface area contributed by atoms with Gasteiger partial charge in [-0.3, -0.25) is 20.2 Å². The molecular formula is C21H12Cl4N8O4. The van der Waals surface area contributed by atoms with Gasteiger partial charge in [-0.15, -0.1) is 0 Å². The fraction of sp³-hybridized carbons (Fsp3) is 0. The van der Waals surface area contributed by atoms with Crippen molar-refractivity contribution in [3.8, 4) is 0 Å². The second-order valence-corrected chi connectivity index (χ2v) is 8.76. The zero-order valence-electron chi connectivity index (χ0n) is 18.1. The van der Waals surface area contributed by atoms with Crippen LogP contribution in [0.3, 0.4) is 0 Å². The number of halogens is 4. The minimum atomic E-state index is -0.633. The van der Waals surface area contributed by atoms with Crippen LogP contribution in [-0.4, -0.2) is 24.8 Å². The first-order chi connectivity index (χ1) is 17.6. The molecule has 3 aromatic carbocycles. The number of nitrogens with zero attached hydrogens (tertiary/aromatic N) is 5. The zero-order valence-corrected chi connectivity index (χ0v) is 21.1. The summed E-state index contributed by atoms with van der Waals surface area (Å²) in [5.74, 6) is -0.0278. The fourth-order valence-electron chi connectivity index (χ4n) is 2.99. The summed E-state index contributed by atoms with van der Waals surface area (Å²) in [6.45, 7) is 0. The largest absolute Gasteiger partial charge is 0.324 e. The Morgan fingerprint density at radius 1 is 0.595 bits per heavy atom. The predicted octanol–water partition coefficient (Wildman–Crippen LogP) is 7.53. The van der Waals surface area contributed by atoms with E-state index in [1.54, 1.807) is 24.3 Å². The summed E-state index contributed by atoms with van der Waals surface area (Å²) in [6.07, 6.45) is 0. The number of hydrogen-bond acceptors (Lipinski definition) is 10. The van der Waals surface area contributed by atoms with Gasteiger partial charge in [0, 0.05) is 30.0 Å². The minimum Gasteiger partial charge on any atom is -0.324 e. The second kappa shape index (κ2) is 11.0. The molecule has 16 heteroatoms. The molecule has 0 fully saturated rings. The standard InChI is InChI=1S/C21H12Cl4N8O4/c22-13-6-11(32(34)35)7-14(23)17(13)27-20-29-19(26-10-4-2-1-3-5-10)30-21(31-20)28-18-15(24)8-12(33(36)37)9-16(18)25/h1-9H,(H3,26,27,28,29,30,31). The van der Waals surface area contributed by atoms with Gasteiger partial charge in [0.05, 0.1) is 41.3 Å². The van der Waals surface area contributed by atoms with E-state index in [1.165, 1.54) is 0 Å². The number of nitro benzene ring substituents is 2. The van der Waals surface area contributed by atoms with Crippen LogP contribution in [0.1, 0.15) is 0 Å². The number of para-hydroxylation sites is 1. The van der Waals surface area contributed by atoms with Crippen LogP contribution in [0.2, 0.25) is 20.1 Å². The Bertz CT molecular complexity index is 1390. The van der Waals surface area contributed by atoms with E-state index < -0.39 is 9.85 Å². The molecule has 1 heterocycles. The van der Waals surface area contributed by atoms with Crippen LogP contribution in [0.5, 0.6) is 0 Å². The topological polar surface area (TPSA) is 161 Å². The van der Waals surface area contributed by atoms with E-state index in [9.17, 15) is 20.2 Å². The lowest BCUT2D eigenvalue weighted by atomic mass is 10.3. The van der Waals surface area contributed by atoms with Gasteiger partial charge in [-0.1, -0.05) is 64.6 Å². The van der Waals surface area contributed by atoms with Gasteiger partial charge in [-0.25, -0.2) is 0 Å². The van der Waals surface area contributed by atoms with Gasteiger partial charge >= 0.3 is 0 Å². The number of anilines is 6. The highest BCUT2D eigenvalue weighted by Gasteiger charge is 2.19. The van der Waals surface area contributed by atoms with Gasteiger partial charge in [-0.2, -0.15) is 15.0 Å². The molecule has 0 unspecified atom stereocenters. The smallest absolute Gasteiger partial charge is 0.272 e. The van der Waals surface area contributed by atoms with Crippen LogP contribution >= 0.6 is 46.4 Å². The Morgan fingerprint density at radius 2 is 0.946 bits per heavy atom. The molecule has 188 valence electrons. The summed E-state index contributed by atoms with van der Waals surface area (Å²) in [7, 11) is 0. The maximum atomic E-state index is 11.1. The Hall–Kier alpha value is -3.97. The second-order valence-electron chi connectivity index (χ2n) is 7.13. The Labute approximate surface area is 227 Å². The summed E-state index contributed by atoms with van der Waals surface area (Å²) in [4.78, 5) is 33.8. The van der Waals surface area contributed by atoms with Crippen molar-refractivity contribution < 1.29 is 9.85 Å². The van der Waals surface area contributed by atoms with Crippen LogP contribution < -0.4 is 16.0 Å². The molecule has 0 amide bonds. The van der Waals surface area contributed by atoms with Gasteiger partial charge in [0.2, 0.25) is 17.8 Å². The Kier molecular flexibility index (Phi) is 7.74. The number of non-ortho nitro benzene ring substituents is 2. The third-order valence-electron chi connectivity index (χ3n) is 4.61. The van der Waals surface area contributed by atoms with E-state index in [1.807, 2.05) is 6.07 Å². The zero-order chi connectivity index (χ0) is 26.7. The normalized spacial score (nSPS) is 10.6. The summed E-state index contributed by atoms with van der Waals surface area (Å²) in [6, 6.07) is 13.5. The third kappa shape index (κ3) is 6.24. The van der Waals surface area contributed by atoms with E-state index in [2.05, 4.69) is 30.9 Å². The third-order valence-corrected chi connectivity index (χ3v) is 5.81. The monoisotopic (exact) mass is 580 g/mol. The maximum absolute atomic E-state index is 11.1. The molecule has 4 rings (SSSR count). The Morgan fingerprint density at radius 3 is 1.30 bits per heavy atom. The molecule has 0 atom stereocenters. The van der Waals surface area contributed by atoms with E-state index in [0.717, 1.165) is 24.3 Å². The lowest BCUT2D eigenvalue weighted by Gasteiger charge is -2.14. The quantitative estimate of drug-likeness (QED) is 0.140. The van der Waals surface area contributed by atoms with Crippen LogP contribution in [0.4, 0.5) is 46.3 Å². The molecule has 4 aromatic rings. The highest BCUT2D eigenvalue weighted by molar-refractivity contribution is 6.40. The van der Waals surface area contributed by atoms with Crippen molar-refractivity contribution in [3.63, 3.8) is 0 Å². The molecule has 0 aliphatic rings. The molecule has 12 nitrogen and oxygen atoms in total. The molecule has 0 aliphatic carbocycles. The average Bonchev–Trinajstić information content (AvgIpc) is 2.84. The number of aromatic nitrogens is 3. The average molecular weight is 582 g/mol. The van der Waals surface area contributed by atoms with E-state index in [0.29, 0.717) is 5.69 Å². The van der Waals surface area contributed by atoms with Crippen LogP contribution in [0.25, 0.3) is 0 Å². The summed E-state index contributed by atoms with van der Waals surface area (Å²) in [5.41, 5.74) is 0.287. The first kappa shape index (κ1) is 26.1. The number of hydrogen-bond donors (Lipinski definition) is 3. The van der Waals surface area contributed by atoms with E-state index >= 15 is 0 Å². The van der Waals surface area contributed by atoms with E-state index in [-0.39, 0.29) is 60.7 Å². The summed E-state index contributed by atoms with van der Waals surface area (Å²) in [5, 5.41) is 30.6. The fourth-order valence-corrected chi connectivity index (χ4v) is 4.13. The molecular weight excluding hydrogens is 570 g/mol. The molecule has 0 saturated heterocycles. The molecule has 3 N–H and O–H groups in total. The van der Waals surface area contributed by atoms with Gasteiger partial charge in [0.25, 0.3) is 11.4 Å². The van der Waals surface area contributed by atoms with Crippen molar-refractivity contribution in [3.05, 3.63) is 94.9 Å². The SMILES string of the molecule is O=[N+]([O-])c1cc(Cl)c(Nc2nc(Nc3ccccc3)nc(Nc3c(Cl)cc([N+](=O)[O-])cc3Cl)n2)c(Cl)c1. The van der Waals surface area contributed by atoms with Crippen molar-refractivity contribution in [2.24, 2.45) is 0 Å². The minimum absolute atomic E-state index is 0.0480. The van der Waals surface area contributed by atoms with Crippen molar-refractivity contribution in [2.75, 3.05) is 16.0 Å². The van der Waals surface area contributed by atoms with Crippen LogP contribution in [-0.2, 0) is 0 Å². The maximum Gasteiger partial charge on any atom is 0.272 e. The van der Waals surface area contributed by atoms with Crippen molar-refractivity contribution in [1.82, 2.24) is 15.0 Å². The van der Waals surface area contributed by atoms with Crippen molar-refractivity contribution in [2.45, 2.75) is 0 Å². The summed E-state index contributed by atoms with van der Waals surface area (Å²) < 4.78 is 0. The lowest BCUT2D eigenvalue weighted by molar-refractivity contribution is -0.385. The van der Waals surface area contributed by atoms with Gasteiger partial charge in [-0.05, 0) is 12.1 Å². The number of benzene rings is 3. The van der Waals surface area contributed by atoms with Crippen LogP contribution in [0, 0.1) is 20.2 Å². The van der Waals surface area contributed by atoms with Crippen molar-refractivity contribution >= 4 is 92.7 Å². The number of nitro groups is 2.